The maximum Gasteiger partial charge on any atom is 0.158 e. The SMILES string of the molecule is Cc1ccc(-c2ccc(C[NH2+]CCC[NH+](C)C)o2)cc1Cl. The van der Waals surface area contributed by atoms with Crippen LogP contribution < -0.4 is 10.2 Å². The van der Waals surface area contributed by atoms with E-state index in [9.17, 15) is 0 Å². The van der Waals surface area contributed by atoms with Gasteiger partial charge in [0, 0.05) is 17.0 Å². The molecule has 0 unspecified atom stereocenters. The zero-order valence-corrected chi connectivity index (χ0v) is 13.8. The minimum absolute atomic E-state index is 0.781. The summed E-state index contributed by atoms with van der Waals surface area (Å²) < 4.78 is 5.90. The van der Waals surface area contributed by atoms with Crippen molar-refractivity contribution in [3.8, 4) is 11.3 Å². The monoisotopic (exact) mass is 308 g/mol. The third-order valence-electron chi connectivity index (χ3n) is 3.55. The lowest BCUT2D eigenvalue weighted by Crippen LogP contribution is -3.06. The highest BCUT2D eigenvalue weighted by Gasteiger charge is 2.07. The molecule has 0 saturated heterocycles. The van der Waals surface area contributed by atoms with Crippen LogP contribution in [-0.2, 0) is 6.54 Å². The molecular formula is C17H25ClN2O+2. The molecular weight excluding hydrogens is 284 g/mol. The van der Waals surface area contributed by atoms with Gasteiger partial charge in [-0.1, -0.05) is 23.7 Å². The molecule has 0 aliphatic rings. The molecule has 0 radical (unpaired) electrons. The summed E-state index contributed by atoms with van der Waals surface area (Å²) in [4.78, 5) is 1.50. The number of hydrogen-bond donors (Lipinski definition) is 2. The molecule has 2 rings (SSSR count). The van der Waals surface area contributed by atoms with E-state index in [-0.39, 0.29) is 0 Å². The number of nitrogens with two attached hydrogens (primary N) is 1. The van der Waals surface area contributed by atoms with Crippen molar-refractivity contribution in [3.63, 3.8) is 0 Å². The molecule has 0 fully saturated rings. The van der Waals surface area contributed by atoms with E-state index in [0.717, 1.165) is 40.8 Å². The Kier molecular flexibility index (Phi) is 5.85. The summed E-state index contributed by atoms with van der Waals surface area (Å²) in [5.41, 5.74) is 2.12. The number of halogens is 1. The van der Waals surface area contributed by atoms with Gasteiger partial charge >= 0.3 is 0 Å². The van der Waals surface area contributed by atoms with Crippen LogP contribution in [0.4, 0.5) is 0 Å². The van der Waals surface area contributed by atoms with Gasteiger partial charge in [-0.05, 0) is 30.7 Å². The van der Waals surface area contributed by atoms with Crippen molar-refractivity contribution < 1.29 is 14.6 Å². The molecule has 0 saturated carbocycles. The lowest BCUT2D eigenvalue weighted by atomic mass is 10.1. The van der Waals surface area contributed by atoms with Crippen LogP contribution in [0.2, 0.25) is 5.02 Å². The highest BCUT2D eigenvalue weighted by molar-refractivity contribution is 6.31. The van der Waals surface area contributed by atoms with Gasteiger partial charge in [-0.2, -0.15) is 0 Å². The molecule has 4 heteroatoms. The Labute approximate surface area is 131 Å². The summed E-state index contributed by atoms with van der Waals surface area (Å²) >= 11 is 6.16. The molecule has 1 aromatic heterocycles. The van der Waals surface area contributed by atoms with Crippen molar-refractivity contribution in [1.29, 1.82) is 0 Å². The van der Waals surface area contributed by atoms with Crippen molar-refractivity contribution in [1.82, 2.24) is 0 Å². The van der Waals surface area contributed by atoms with Gasteiger partial charge < -0.3 is 14.6 Å². The minimum Gasteiger partial charge on any atom is -0.455 e. The van der Waals surface area contributed by atoms with Gasteiger partial charge in [0.2, 0.25) is 0 Å². The fourth-order valence-corrected chi connectivity index (χ4v) is 2.41. The molecule has 0 spiro atoms. The Bertz CT molecular complexity index is 578. The minimum atomic E-state index is 0.781. The van der Waals surface area contributed by atoms with Gasteiger partial charge in [-0.15, -0.1) is 0 Å². The summed E-state index contributed by atoms with van der Waals surface area (Å²) in [6.07, 6.45) is 1.23. The molecule has 0 amide bonds. The van der Waals surface area contributed by atoms with Crippen LogP contribution in [0, 0.1) is 6.92 Å². The van der Waals surface area contributed by atoms with Crippen LogP contribution in [0.3, 0.4) is 0 Å². The number of furan rings is 1. The van der Waals surface area contributed by atoms with E-state index in [0.29, 0.717) is 0 Å². The molecule has 3 nitrogen and oxygen atoms in total. The predicted molar refractivity (Wildman–Crippen MR) is 86.7 cm³/mol. The summed E-state index contributed by atoms with van der Waals surface area (Å²) in [7, 11) is 4.37. The number of hydrogen-bond acceptors (Lipinski definition) is 1. The summed E-state index contributed by atoms with van der Waals surface area (Å²) in [6.45, 7) is 5.24. The second kappa shape index (κ2) is 7.64. The summed E-state index contributed by atoms with van der Waals surface area (Å²) in [6, 6.07) is 10.1. The molecule has 21 heavy (non-hydrogen) atoms. The van der Waals surface area contributed by atoms with Crippen molar-refractivity contribution in [2.75, 3.05) is 27.2 Å². The Morgan fingerprint density at radius 2 is 2.00 bits per heavy atom. The van der Waals surface area contributed by atoms with Crippen LogP contribution in [-0.4, -0.2) is 27.2 Å². The van der Waals surface area contributed by atoms with Gasteiger partial charge in [0.05, 0.1) is 27.2 Å². The van der Waals surface area contributed by atoms with Crippen LogP contribution in [0.5, 0.6) is 0 Å². The fraction of sp³-hybridized carbons (Fsp3) is 0.412. The van der Waals surface area contributed by atoms with E-state index in [1.807, 2.05) is 31.2 Å². The first-order valence-corrected chi connectivity index (χ1v) is 7.90. The van der Waals surface area contributed by atoms with Crippen molar-refractivity contribution in [2.24, 2.45) is 0 Å². The molecule has 114 valence electrons. The quantitative estimate of drug-likeness (QED) is 0.747. The number of nitrogens with one attached hydrogen (secondary N) is 1. The predicted octanol–water partition coefficient (Wildman–Crippen LogP) is 1.51. The smallest absolute Gasteiger partial charge is 0.158 e. The van der Waals surface area contributed by atoms with E-state index in [2.05, 4.69) is 25.5 Å². The van der Waals surface area contributed by atoms with Crippen molar-refractivity contribution in [3.05, 3.63) is 46.7 Å². The van der Waals surface area contributed by atoms with E-state index in [1.54, 1.807) is 0 Å². The zero-order chi connectivity index (χ0) is 15.2. The first-order chi connectivity index (χ1) is 10.1. The van der Waals surface area contributed by atoms with E-state index in [1.165, 1.54) is 17.9 Å². The number of benzene rings is 1. The summed E-state index contributed by atoms with van der Waals surface area (Å²) in [5, 5.41) is 3.08. The van der Waals surface area contributed by atoms with Crippen molar-refractivity contribution >= 4 is 11.6 Å². The van der Waals surface area contributed by atoms with Crippen LogP contribution in [0.25, 0.3) is 11.3 Å². The van der Waals surface area contributed by atoms with E-state index in [4.69, 9.17) is 16.0 Å². The second-order valence-corrected chi connectivity index (χ2v) is 6.23. The first kappa shape index (κ1) is 16.1. The Morgan fingerprint density at radius 1 is 1.19 bits per heavy atom. The van der Waals surface area contributed by atoms with E-state index >= 15 is 0 Å². The lowest BCUT2D eigenvalue weighted by molar-refractivity contribution is -0.860. The molecule has 2 aromatic rings. The number of aryl methyl sites for hydroxylation is 1. The lowest BCUT2D eigenvalue weighted by Gasteiger charge is -2.05. The molecule has 3 N–H and O–H groups in total. The third-order valence-corrected chi connectivity index (χ3v) is 3.96. The fourth-order valence-electron chi connectivity index (χ4n) is 2.23. The molecule has 1 heterocycles. The maximum absolute atomic E-state index is 6.16. The standard InChI is InChI=1S/C17H23ClN2O/c1-13-5-6-14(11-16(13)18)17-8-7-15(21-17)12-19-9-4-10-20(2)3/h5-8,11,19H,4,9-10,12H2,1-3H3/p+2. The third kappa shape index (κ3) is 4.88. The Morgan fingerprint density at radius 3 is 2.71 bits per heavy atom. The molecule has 0 atom stereocenters. The Hall–Kier alpha value is -1.29. The molecule has 1 aromatic carbocycles. The molecule has 0 bridgehead atoms. The summed E-state index contributed by atoms with van der Waals surface area (Å²) in [5.74, 6) is 1.90. The molecule has 0 aliphatic carbocycles. The Balaban J connectivity index is 1.87. The van der Waals surface area contributed by atoms with Crippen LogP contribution >= 0.6 is 11.6 Å². The van der Waals surface area contributed by atoms with E-state index < -0.39 is 0 Å². The normalized spacial score (nSPS) is 11.3. The first-order valence-electron chi connectivity index (χ1n) is 7.52. The van der Waals surface area contributed by atoms with Gasteiger partial charge in [0.1, 0.15) is 12.3 Å². The topological polar surface area (TPSA) is 34.2 Å². The van der Waals surface area contributed by atoms with Crippen LogP contribution in [0.15, 0.2) is 34.7 Å². The number of rotatable bonds is 7. The molecule has 0 aliphatic heterocycles. The zero-order valence-electron chi connectivity index (χ0n) is 13.1. The largest absolute Gasteiger partial charge is 0.455 e. The average Bonchev–Trinajstić information content (AvgIpc) is 2.90. The number of quaternary nitrogens is 2. The maximum atomic E-state index is 6.16. The van der Waals surface area contributed by atoms with Gasteiger partial charge in [0.15, 0.2) is 5.76 Å². The highest BCUT2D eigenvalue weighted by atomic mass is 35.5. The van der Waals surface area contributed by atoms with Crippen LogP contribution in [0.1, 0.15) is 17.7 Å². The average molecular weight is 309 g/mol. The second-order valence-electron chi connectivity index (χ2n) is 5.82. The van der Waals surface area contributed by atoms with Gasteiger partial charge in [0.25, 0.3) is 0 Å². The van der Waals surface area contributed by atoms with Crippen molar-refractivity contribution in [2.45, 2.75) is 19.9 Å². The van der Waals surface area contributed by atoms with Gasteiger partial charge in [-0.3, -0.25) is 0 Å². The highest BCUT2D eigenvalue weighted by Crippen LogP contribution is 2.26. The van der Waals surface area contributed by atoms with Gasteiger partial charge in [-0.25, -0.2) is 0 Å².